The van der Waals surface area contributed by atoms with Crippen molar-refractivity contribution in [3.05, 3.63) is 37.6 Å². The summed E-state index contributed by atoms with van der Waals surface area (Å²) >= 11 is 0. The van der Waals surface area contributed by atoms with E-state index in [1.807, 2.05) is 19.1 Å². The van der Waals surface area contributed by atoms with Crippen LogP contribution in [0.3, 0.4) is 0 Å². The first kappa shape index (κ1) is 7.89. The minimum absolute atomic E-state index is 0.840. The van der Waals surface area contributed by atoms with Gasteiger partial charge in [0.05, 0.1) is 5.71 Å². The Labute approximate surface area is 56.1 Å². The van der Waals surface area contributed by atoms with Crippen molar-refractivity contribution in [1.29, 1.82) is 0 Å². The molecule has 0 heterocycles. The van der Waals surface area contributed by atoms with E-state index in [-0.39, 0.29) is 0 Å². The van der Waals surface area contributed by atoms with Gasteiger partial charge < -0.3 is 0 Å². The number of aliphatic imine (C=N–C) groups is 1. The first-order chi connectivity index (χ1) is 4.35. The van der Waals surface area contributed by atoms with Gasteiger partial charge in [0.2, 0.25) is 0 Å². The summed E-state index contributed by atoms with van der Waals surface area (Å²) in [5, 5.41) is 0. The lowest BCUT2D eigenvalue weighted by Crippen LogP contribution is -1.82. The molecule has 1 heteroatoms. The Bertz CT molecular complexity index is 152. The summed E-state index contributed by atoms with van der Waals surface area (Å²) in [6, 6.07) is 0. The maximum absolute atomic E-state index is 3.91. The third kappa shape index (κ3) is 3.47. The van der Waals surface area contributed by atoms with Crippen molar-refractivity contribution < 1.29 is 0 Å². The molecule has 0 amide bonds. The van der Waals surface area contributed by atoms with Gasteiger partial charge in [-0.1, -0.05) is 19.2 Å². The van der Waals surface area contributed by atoms with Crippen LogP contribution < -0.4 is 0 Å². The van der Waals surface area contributed by atoms with E-state index in [9.17, 15) is 0 Å². The average molecular weight is 121 g/mol. The third-order valence-corrected chi connectivity index (χ3v) is 0.787. The van der Waals surface area contributed by atoms with E-state index in [2.05, 4.69) is 18.2 Å². The fraction of sp³-hybridized carbons (Fsp3) is 0.125. The van der Waals surface area contributed by atoms with Gasteiger partial charge in [-0.2, -0.15) is 0 Å². The maximum Gasteiger partial charge on any atom is 0.0620 e. The molecule has 0 saturated carbocycles. The molecule has 0 fully saturated rings. The molecule has 0 unspecified atom stereocenters. The van der Waals surface area contributed by atoms with Crippen LogP contribution in [0.2, 0.25) is 0 Å². The molecule has 9 heavy (non-hydrogen) atoms. The minimum atomic E-state index is 0.840. The molecule has 0 saturated heterocycles. The lowest BCUT2D eigenvalue weighted by Gasteiger charge is -1.84. The predicted molar refractivity (Wildman–Crippen MR) is 42.6 cm³/mol. The molecule has 0 aliphatic carbocycles. The molecule has 0 aromatic rings. The van der Waals surface area contributed by atoms with Crippen LogP contribution in [0.25, 0.3) is 0 Å². The zero-order chi connectivity index (χ0) is 7.11. The highest BCUT2D eigenvalue weighted by atomic mass is 14.7. The zero-order valence-electron chi connectivity index (χ0n) is 5.67. The van der Waals surface area contributed by atoms with Crippen LogP contribution in [0.15, 0.2) is 42.6 Å². The summed E-state index contributed by atoms with van der Waals surface area (Å²) in [5.74, 6) is 0. The van der Waals surface area contributed by atoms with Gasteiger partial charge in [-0.25, -0.2) is 0 Å². The Hall–Kier alpha value is -1.11. The lowest BCUT2D eigenvalue weighted by atomic mass is 10.3. The smallest absolute Gasteiger partial charge is 0.0620 e. The molecule has 0 aliphatic rings. The highest BCUT2D eigenvalue weighted by Crippen LogP contribution is 1.83. The second-order valence-electron chi connectivity index (χ2n) is 1.44. The molecule has 0 bridgehead atoms. The van der Waals surface area contributed by atoms with E-state index >= 15 is 0 Å². The molecule has 0 atom stereocenters. The summed E-state index contributed by atoms with van der Waals surface area (Å²) in [6.07, 6.45) is 6.96. The summed E-state index contributed by atoms with van der Waals surface area (Å²) < 4.78 is 0. The predicted octanol–water partition coefficient (Wildman–Crippen LogP) is 2.33. The fourth-order valence-electron chi connectivity index (χ4n) is 0.440. The number of allylic oxidation sites excluding steroid dienone is 3. The van der Waals surface area contributed by atoms with Crippen molar-refractivity contribution in [3.63, 3.8) is 0 Å². The second-order valence-corrected chi connectivity index (χ2v) is 1.44. The molecule has 48 valence electrons. The topological polar surface area (TPSA) is 12.4 Å². The molecule has 0 spiro atoms. The van der Waals surface area contributed by atoms with Crippen molar-refractivity contribution >= 4 is 5.71 Å². The standard InChI is InChI=1S/C8H11N/c1-4-7-8(5-2)9-6-3/h4-7H,2-3H2,1H3/b7-4-,9-8?. The Kier molecular flexibility index (Phi) is 4.41. The van der Waals surface area contributed by atoms with Gasteiger partial charge in [0.25, 0.3) is 0 Å². The molecule has 0 aromatic carbocycles. The van der Waals surface area contributed by atoms with Crippen LogP contribution in [-0.2, 0) is 0 Å². The molecule has 1 nitrogen and oxygen atoms in total. The van der Waals surface area contributed by atoms with Crippen LogP contribution >= 0.6 is 0 Å². The highest BCUT2D eigenvalue weighted by molar-refractivity contribution is 6.03. The van der Waals surface area contributed by atoms with Crippen LogP contribution in [0, 0.1) is 0 Å². The molecule has 0 radical (unpaired) electrons. The summed E-state index contributed by atoms with van der Waals surface area (Å²) in [7, 11) is 0. The number of hydrogen-bond acceptors (Lipinski definition) is 1. The first-order valence-corrected chi connectivity index (χ1v) is 2.79. The van der Waals surface area contributed by atoms with E-state index in [0.29, 0.717) is 0 Å². The Morgan fingerprint density at radius 3 is 2.44 bits per heavy atom. The number of nitrogens with zero attached hydrogens (tertiary/aromatic N) is 1. The summed E-state index contributed by atoms with van der Waals surface area (Å²) in [6.45, 7) is 8.96. The highest BCUT2D eigenvalue weighted by Gasteiger charge is 1.78. The number of rotatable bonds is 3. The zero-order valence-corrected chi connectivity index (χ0v) is 5.67. The van der Waals surface area contributed by atoms with E-state index in [0.717, 1.165) is 5.71 Å². The Morgan fingerprint density at radius 1 is 1.44 bits per heavy atom. The van der Waals surface area contributed by atoms with Gasteiger partial charge in [0.1, 0.15) is 0 Å². The SMILES string of the molecule is C=CN=C(C=C)/C=C\C. The van der Waals surface area contributed by atoms with E-state index in [1.54, 1.807) is 6.08 Å². The van der Waals surface area contributed by atoms with E-state index < -0.39 is 0 Å². The van der Waals surface area contributed by atoms with E-state index in [1.165, 1.54) is 6.20 Å². The van der Waals surface area contributed by atoms with Crippen LogP contribution in [0.4, 0.5) is 0 Å². The van der Waals surface area contributed by atoms with Crippen molar-refractivity contribution in [3.8, 4) is 0 Å². The van der Waals surface area contributed by atoms with Gasteiger partial charge in [-0.05, 0) is 19.1 Å². The Balaban J connectivity index is 4.13. The average Bonchev–Trinajstić information content (AvgIpc) is 1.88. The minimum Gasteiger partial charge on any atom is -0.258 e. The molecular formula is C8H11N. The molecule has 0 aliphatic heterocycles. The third-order valence-electron chi connectivity index (χ3n) is 0.787. The normalized spacial score (nSPS) is 11.9. The second kappa shape index (κ2) is 5.04. The molecule has 0 rings (SSSR count). The van der Waals surface area contributed by atoms with Crippen LogP contribution in [-0.4, -0.2) is 5.71 Å². The van der Waals surface area contributed by atoms with Crippen molar-refractivity contribution in [1.82, 2.24) is 0 Å². The van der Waals surface area contributed by atoms with Gasteiger partial charge >= 0.3 is 0 Å². The summed E-state index contributed by atoms with van der Waals surface area (Å²) in [5.41, 5.74) is 0.840. The van der Waals surface area contributed by atoms with Crippen LogP contribution in [0.5, 0.6) is 0 Å². The fourth-order valence-corrected chi connectivity index (χ4v) is 0.440. The largest absolute Gasteiger partial charge is 0.258 e. The molecule has 0 aromatic heterocycles. The van der Waals surface area contributed by atoms with Crippen molar-refractivity contribution in [2.45, 2.75) is 6.92 Å². The van der Waals surface area contributed by atoms with Gasteiger partial charge in [0, 0.05) is 6.20 Å². The lowest BCUT2D eigenvalue weighted by molar-refractivity contribution is 1.59. The van der Waals surface area contributed by atoms with Gasteiger partial charge in [-0.3, -0.25) is 4.99 Å². The number of hydrogen-bond donors (Lipinski definition) is 0. The van der Waals surface area contributed by atoms with Crippen molar-refractivity contribution in [2.75, 3.05) is 0 Å². The Morgan fingerprint density at radius 2 is 2.11 bits per heavy atom. The summed E-state index contributed by atoms with van der Waals surface area (Å²) in [4.78, 5) is 3.91. The van der Waals surface area contributed by atoms with E-state index in [4.69, 9.17) is 0 Å². The quantitative estimate of drug-likeness (QED) is 0.508. The van der Waals surface area contributed by atoms with Crippen LogP contribution in [0.1, 0.15) is 6.92 Å². The van der Waals surface area contributed by atoms with Crippen molar-refractivity contribution in [2.24, 2.45) is 4.99 Å². The van der Waals surface area contributed by atoms with Gasteiger partial charge in [-0.15, -0.1) is 0 Å². The maximum atomic E-state index is 3.91. The molecular weight excluding hydrogens is 110 g/mol. The monoisotopic (exact) mass is 121 g/mol. The first-order valence-electron chi connectivity index (χ1n) is 2.79. The van der Waals surface area contributed by atoms with Gasteiger partial charge in [0.15, 0.2) is 0 Å². The molecule has 0 N–H and O–H groups in total.